The van der Waals surface area contributed by atoms with E-state index in [4.69, 9.17) is 0 Å². The Balaban J connectivity index is 1.48. The summed E-state index contributed by atoms with van der Waals surface area (Å²) in [5, 5.41) is 3.72. The Morgan fingerprint density at radius 1 is 1.00 bits per heavy atom. The standard InChI is InChI=1S/C20H25N3/c1-22-15-23(20-10-6-5-9-19(20)22)18-11-12-21-17(14-18)13-16-7-3-2-4-8-16/h2-10,17-18,21H,11-15H2,1H3/t17-,18-/m1/s1. The highest BCUT2D eigenvalue weighted by molar-refractivity contribution is 5.76. The van der Waals surface area contributed by atoms with E-state index in [0.717, 1.165) is 19.6 Å². The second-order valence-corrected chi connectivity index (χ2v) is 6.82. The topological polar surface area (TPSA) is 18.5 Å². The maximum Gasteiger partial charge on any atom is 0.0904 e. The van der Waals surface area contributed by atoms with Gasteiger partial charge in [-0.15, -0.1) is 0 Å². The predicted molar refractivity (Wildman–Crippen MR) is 97.1 cm³/mol. The van der Waals surface area contributed by atoms with Gasteiger partial charge < -0.3 is 15.1 Å². The van der Waals surface area contributed by atoms with Crippen LogP contribution < -0.4 is 15.1 Å². The van der Waals surface area contributed by atoms with E-state index in [9.17, 15) is 0 Å². The van der Waals surface area contributed by atoms with Crippen molar-refractivity contribution in [2.24, 2.45) is 0 Å². The number of hydrogen-bond acceptors (Lipinski definition) is 3. The molecule has 23 heavy (non-hydrogen) atoms. The predicted octanol–water partition coefficient (Wildman–Crippen LogP) is 3.26. The molecule has 0 saturated carbocycles. The third-order valence-corrected chi connectivity index (χ3v) is 5.20. The Morgan fingerprint density at radius 2 is 1.74 bits per heavy atom. The van der Waals surface area contributed by atoms with E-state index in [0.29, 0.717) is 12.1 Å². The van der Waals surface area contributed by atoms with Crippen LogP contribution in [-0.2, 0) is 6.42 Å². The monoisotopic (exact) mass is 307 g/mol. The molecule has 0 unspecified atom stereocenters. The summed E-state index contributed by atoms with van der Waals surface area (Å²) in [4.78, 5) is 4.97. The van der Waals surface area contributed by atoms with Gasteiger partial charge >= 0.3 is 0 Å². The molecule has 4 rings (SSSR count). The van der Waals surface area contributed by atoms with Gasteiger partial charge in [-0.05, 0) is 43.5 Å². The molecule has 0 radical (unpaired) electrons. The molecule has 1 saturated heterocycles. The molecular formula is C20H25N3. The number of hydrogen-bond donors (Lipinski definition) is 1. The van der Waals surface area contributed by atoms with E-state index in [1.165, 1.54) is 29.8 Å². The molecule has 0 aromatic heterocycles. The molecule has 2 aromatic rings. The van der Waals surface area contributed by atoms with Crippen LogP contribution in [0.15, 0.2) is 54.6 Å². The third kappa shape index (κ3) is 2.93. The van der Waals surface area contributed by atoms with E-state index in [2.05, 4.69) is 76.8 Å². The highest BCUT2D eigenvalue weighted by Crippen LogP contribution is 2.37. The lowest BCUT2D eigenvalue weighted by molar-refractivity contribution is 0.348. The molecule has 2 atom stereocenters. The summed E-state index contributed by atoms with van der Waals surface area (Å²) in [6.45, 7) is 2.13. The van der Waals surface area contributed by atoms with Crippen molar-refractivity contribution in [1.82, 2.24) is 5.32 Å². The van der Waals surface area contributed by atoms with Crippen molar-refractivity contribution in [1.29, 1.82) is 0 Å². The number of anilines is 2. The van der Waals surface area contributed by atoms with Crippen LogP contribution in [0.3, 0.4) is 0 Å². The Hall–Kier alpha value is -2.00. The maximum absolute atomic E-state index is 3.72. The average Bonchev–Trinajstić information content (AvgIpc) is 2.94. The van der Waals surface area contributed by atoms with Gasteiger partial charge in [0, 0.05) is 19.1 Å². The van der Waals surface area contributed by atoms with Crippen molar-refractivity contribution in [3.63, 3.8) is 0 Å². The van der Waals surface area contributed by atoms with Crippen LogP contribution in [0.1, 0.15) is 18.4 Å². The normalized spacial score (nSPS) is 23.9. The van der Waals surface area contributed by atoms with Crippen LogP contribution in [0.4, 0.5) is 11.4 Å². The fourth-order valence-electron chi connectivity index (χ4n) is 4.04. The van der Waals surface area contributed by atoms with Gasteiger partial charge in [0.15, 0.2) is 0 Å². The third-order valence-electron chi connectivity index (χ3n) is 5.20. The summed E-state index contributed by atoms with van der Waals surface area (Å²) in [5.41, 5.74) is 4.20. The smallest absolute Gasteiger partial charge is 0.0904 e. The van der Waals surface area contributed by atoms with Crippen LogP contribution in [0.5, 0.6) is 0 Å². The molecule has 120 valence electrons. The zero-order valence-corrected chi connectivity index (χ0v) is 13.8. The number of fused-ring (bicyclic) bond motifs is 1. The van der Waals surface area contributed by atoms with Gasteiger partial charge in [-0.3, -0.25) is 0 Å². The Morgan fingerprint density at radius 3 is 2.57 bits per heavy atom. The fraction of sp³-hybridized carbons (Fsp3) is 0.400. The Kier molecular flexibility index (Phi) is 3.96. The van der Waals surface area contributed by atoms with Crippen LogP contribution in [0, 0.1) is 0 Å². The first-order chi connectivity index (χ1) is 11.3. The molecule has 0 aliphatic carbocycles. The SMILES string of the molecule is CN1CN([C@@H]2CCN[C@H](Cc3ccccc3)C2)c2ccccc21. The molecule has 1 N–H and O–H groups in total. The molecule has 3 heteroatoms. The second kappa shape index (κ2) is 6.25. The van der Waals surface area contributed by atoms with Gasteiger partial charge in [0.1, 0.15) is 0 Å². The van der Waals surface area contributed by atoms with Crippen LogP contribution in [-0.4, -0.2) is 32.3 Å². The lowest BCUT2D eigenvalue weighted by Crippen LogP contribution is -2.49. The van der Waals surface area contributed by atoms with Crippen molar-refractivity contribution in [2.45, 2.75) is 31.3 Å². The molecule has 0 spiro atoms. The molecule has 0 bridgehead atoms. The summed E-state index contributed by atoms with van der Waals surface area (Å²) in [5.74, 6) is 0. The molecule has 2 heterocycles. The lowest BCUT2D eigenvalue weighted by Gasteiger charge is -2.37. The molecular weight excluding hydrogens is 282 g/mol. The van der Waals surface area contributed by atoms with Gasteiger partial charge in [0.2, 0.25) is 0 Å². The van der Waals surface area contributed by atoms with E-state index in [1.807, 2.05) is 0 Å². The summed E-state index contributed by atoms with van der Waals surface area (Å²) in [6.07, 6.45) is 3.58. The van der Waals surface area contributed by atoms with Crippen molar-refractivity contribution in [3.05, 3.63) is 60.2 Å². The number of para-hydroxylation sites is 2. The number of nitrogens with one attached hydrogen (secondary N) is 1. The number of benzene rings is 2. The van der Waals surface area contributed by atoms with Crippen LogP contribution in [0.25, 0.3) is 0 Å². The first-order valence-electron chi connectivity index (χ1n) is 8.65. The minimum atomic E-state index is 0.578. The average molecular weight is 307 g/mol. The molecule has 1 fully saturated rings. The van der Waals surface area contributed by atoms with Gasteiger partial charge in [-0.25, -0.2) is 0 Å². The van der Waals surface area contributed by atoms with E-state index in [1.54, 1.807) is 0 Å². The molecule has 2 aliphatic heterocycles. The maximum atomic E-state index is 3.72. The zero-order chi connectivity index (χ0) is 15.6. The molecule has 0 amide bonds. The molecule has 3 nitrogen and oxygen atoms in total. The summed E-state index contributed by atoms with van der Waals surface area (Å²) < 4.78 is 0. The van der Waals surface area contributed by atoms with Gasteiger partial charge in [0.25, 0.3) is 0 Å². The van der Waals surface area contributed by atoms with Crippen LogP contribution >= 0.6 is 0 Å². The minimum absolute atomic E-state index is 0.578. The van der Waals surface area contributed by atoms with Crippen molar-refractivity contribution < 1.29 is 0 Å². The molecule has 2 aromatic carbocycles. The van der Waals surface area contributed by atoms with Crippen LogP contribution in [0.2, 0.25) is 0 Å². The first kappa shape index (κ1) is 14.6. The summed E-state index contributed by atoms with van der Waals surface area (Å²) >= 11 is 0. The Labute approximate surface area is 138 Å². The zero-order valence-electron chi connectivity index (χ0n) is 13.8. The van der Waals surface area contributed by atoms with E-state index in [-0.39, 0.29) is 0 Å². The van der Waals surface area contributed by atoms with Crippen molar-refractivity contribution >= 4 is 11.4 Å². The highest BCUT2D eigenvalue weighted by Gasteiger charge is 2.32. The molecule has 2 aliphatic rings. The number of piperidine rings is 1. The summed E-state index contributed by atoms with van der Waals surface area (Å²) in [7, 11) is 2.20. The minimum Gasteiger partial charge on any atom is -0.355 e. The van der Waals surface area contributed by atoms with E-state index < -0.39 is 0 Å². The van der Waals surface area contributed by atoms with E-state index >= 15 is 0 Å². The highest BCUT2D eigenvalue weighted by atomic mass is 15.4. The largest absolute Gasteiger partial charge is 0.355 e. The number of nitrogens with zero attached hydrogens (tertiary/aromatic N) is 2. The van der Waals surface area contributed by atoms with Crippen molar-refractivity contribution in [3.8, 4) is 0 Å². The van der Waals surface area contributed by atoms with Crippen molar-refractivity contribution in [2.75, 3.05) is 30.1 Å². The van der Waals surface area contributed by atoms with Gasteiger partial charge in [0.05, 0.1) is 18.0 Å². The lowest BCUT2D eigenvalue weighted by atomic mass is 9.93. The Bertz CT molecular complexity index is 655. The summed E-state index contributed by atoms with van der Waals surface area (Å²) in [6, 6.07) is 20.9. The van der Waals surface area contributed by atoms with Gasteiger partial charge in [-0.1, -0.05) is 42.5 Å². The fourth-order valence-corrected chi connectivity index (χ4v) is 4.04. The second-order valence-electron chi connectivity index (χ2n) is 6.82. The number of rotatable bonds is 3. The van der Waals surface area contributed by atoms with Gasteiger partial charge in [-0.2, -0.15) is 0 Å². The first-order valence-corrected chi connectivity index (χ1v) is 8.65. The quantitative estimate of drug-likeness (QED) is 0.939.